The SMILES string of the molecule is CCN1CCO[C@@H](COc2cccc(Br)c2)C1. The highest BCUT2D eigenvalue weighted by Gasteiger charge is 2.19. The summed E-state index contributed by atoms with van der Waals surface area (Å²) in [5.74, 6) is 0.886. The van der Waals surface area contributed by atoms with Gasteiger partial charge < -0.3 is 9.47 Å². The smallest absolute Gasteiger partial charge is 0.120 e. The van der Waals surface area contributed by atoms with Crippen LogP contribution in [0.2, 0.25) is 0 Å². The zero-order valence-electron chi connectivity index (χ0n) is 10.1. The van der Waals surface area contributed by atoms with Gasteiger partial charge in [0.2, 0.25) is 0 Å². The van der Waals surface area contributed by atoms with Crippen LogP contribution >= 0.6 is 15.9 Å². The summed E-state index contributed by atoms with van der Waals surface area (Å²) in [5.41, 5.74) is 0. The predicted molar refractivity (Wildman–Crippen MR) is 71.5 cm³/mol. The lowest BCUT2D eigenvalue weighted by Crippen LogP contribution is -2.44. The van der Waals surface area contributed by atoms with E-state index in [1.807, 2.05) is 24.3 Å². The first-order valence-electron chi connectivity index (χ1n) is 6.00. The van der Waals surface area contributed by atoms with Gasteiger partial charge >= 0.3 is 0 Å². The predicted octanol–water partition coefficient (Wildman–Crippen LogP) is 2.55. The number of likely N-dealkylation sites (N-methyl/N-ethyl adjacent to an activating group) is 1. The Bertz CT molecular complexity index is 359. The van der Waals surface area contributed by atoms with Gasteiger partial charge in [0.25, 0.3) is 0 Å². The summed E-state index contributed by atoms with van der Waals surface area (Å²) < 4.78 is 12.5. The molecule has 0 aliphatic carbocycles. The summed E-state index contributed by atoms with van der Waals surface area (Å²) >= 11 is 3.43. The Morgan fingerprint density at radius 1 is 1.53 bits per heavy atom. The number of nitrogens with zero attached hydrogens (tertiary/aromatic N) is 1. The average Bonchev–Trinajstić information content (AvgIpc) is 2.37. The molecule has 0 amide bonds. The number of halogens is 1. The maximum Gasteiger partial charge on any atom is 0.120 e. The Hall–Kier alpha value is -0.580. The third kappa shape index (κ3) is 3.98. The molecule has 0 aromatic heterocycles. The van der Waals surface area contributed by atoms with Crippen molar-refractivity contribution in [3.8, 4) is 5.75 Å². The molecule has 0 N–H and O–H groups in total. The van der Waals surface area contributed by atoms with Crippen molar-refractivity contribution in [2.24, 2.45) is 0 Å². The van der Waals surface area contributed by atoms with E-state index in [0.29, 0.717) is 6.61 Å². The molecule has 1 aromatic rings. The minimum Gasteiger partial charge on any atom is -0.491 e. The number of rotatable bonds is 4. The second-order valence-corrected chi connectivity index (χ2v) is 5.07. The highest BCUT2D eigenvalue weighted by atomic mass is 79.9. The second-order valence-electron chi connectivity index (χ2n) is 4.15. The first kappa shape index (κ1) is 12.9. The monoisotopic (exact) mass is 299 g/mol. The van der Waals surface area contributed by atoms with E-state index in [1.165, 1.54) is 0 Å². The molecule has 0 radical (unpaired) electrons. The van der Waals surface area contributed by atoms with Crippen LogP contribution in [0.15, 0.2) is 28.7 Å². The number of ether oxygens (including phenoxy) is 2. The molecule has 0 unspecified atom stereocenters. The average molecular weight is 300 g/mol. The zero-order chi connectivity index (χ0) is 12.1. The minimum atomic E-state index is 0.183. The van der Waals surface area contributed by atoms with Crippen LogP contribution in [-0.4, -0.2) is 43.9 Å². The number of hydrogen-bond donors (Lipinski definition) is 0. The molecule has 94 valence electrons. The first-order chi connectivity index (χ1) is 8.28. The van der Waals surface area contributed by atoms with E-state index in [2.05, 4.69) is 27.8 Å². The third-order valence-electron chi connectivity index (χ3n) is 2.90. The van der Waals surface area contributed by atoms with Gasteiger partial charge in [0.05, 0.1) is 6.61 Å². The van der Waals surface area contributed by atoms with E-state index in [4.69, 9.17) is 9.47 Å². The topological polar surface area (TPSA) is 21.7 Å². The molecular formula is C13H18BrNO2. The van der Waals surface area contributed by atoms with Gasteiger partial charge in [-0.05, 0) is 24.7 Å². The minimum absolute atomic E-state index is 0.183. The van der Waals surface area contributed by atoms with Crippen molar-refractivity contribution in [3.63, 3.8) is 0 Å². The molecule has 1 atom stereocenters. The molecule has 1 saturated heterocycles. The van der Waals surface area contributed by atoms with Crippen molar-refractivity contribution in [2.75, 3.05) is 32.8 Å². The normalized spacial score (nSPS) is 21.4. The lowest BCUT2D eigenvalue weighted by molar-refractivity contribution is -0.0464. The number of benzene rings is 1. The standard InChI is InChI=1S/C13H18BrNO2/c1-2-15-6-7-16-13(9-15)10-17-12-5-3-4-11(14)8-12/h3-5,8,13H,2,6-7,9-10H2,1H3/t13-/m1/s1. The Balaban J connectivity index is 1.81. The molecule has 1 heterocycles. The highest BCUT2D eigenvalue weighted by Crippen LogP contribution is 2.18. The Morgan fingerprint density at radius 3 is 3.18 bits per heavy atom. The van der Waals surface area contributed by atoms with Crippen molar-refractivity contribution in [1.29, 1.82) is 0 Å². The van der Waals surface area contributed by atoms with Gasteiger partial charge in [-0.25, -0.2) is 0 Å². The summed E-state index contributed by atoms with van der Waals surface area (Å²) in [5, 5.41) is 0. The fraction of sp³-hybridized carbons (Fsp3) is 0.538. The third-order valence-corrected chi connectivity index (χ3v) is 3.40. The summed E-state index contributed by atoms with van der Waals surface area (Å²) in [4.78, 5) is 2.39. The van der Waals surface area contributed by atoms with Crippen LogP contribution in [0.4, 0.5) is 0 Å². The Kier molecular flexibility index (Phi) is 4.83. The second kappa shape index (κ2) is 6.38. The molecule has 4 heteroatoms. The van der Waals surface area contributed by atoms with Crippen molar-refractivity contribution >= 4 is 15.9 Å². The molecule has 1 fully saturated rings. The zero-order valence-corrected chi connectivity index (χ0v) is 11.6. The fourth-order valence-corrected chi connectivity index (χ4v) is 2.29. The van der Waals surface area contributed by atoms with Crippen LogP contribution in [-0.2, 0) is 4.74 Å². The maximum atomic E-state index is 5.74. The summed E-state index contributed by atoms with van der Waals surface area (Å²) in [7, 11) is 0. The van der Waals surface area contributed by atoms with Gasteiger partial charge in [0.1, 0.15) is 18.5 Å². The van der Waals surface area contributed by atoms with Crippen LogP contribution in [0.5, 0.6) is 5.75 Å². The van der Waals surface area contributed by atoms with E-state index in [1.54, 1.807) is 0 Å². The lowest BCUT2D eigenvalue weighted by atomic mass is 10.3. The van der Waals surface area contributed by atoms with Gasteiger partial charge in [-0.15, -0.1) is 0 Å². The van der Waals surface area contributed by atoms with Gasteiger partial charge in [0.15, 0.2) is 0 Å². The molecule has 17 heavy (non-hydrogen) atoms. The Labute approximate surface area is 111 Å². The first-order valence-corrected chi connectivity index (χ1v) is 6.79. The van der Waals surface area contributed by atoms with Gasteiger partial charge in [-0.1, -0.05) is 28.9 Å². The summed E-state index contributed by atoms with van der Waals surface area (Å²) in [6.07, 6.45) is 0.183. The lowest BCUT2D eigenvalue weighted by Gasteiger charge is -2.31. The molecule has 1 aliphatic rings. The number of morpholine rings is 1. The van der Waals surface area contributed by atoms with E-state index in [0.717, 1.165) is 36.5 Å². The quantitative estimate of drug-likeness (QED) is 0.853. The van der Waals surface area contributed by atoms with Crippen LogP contribution in [0.25, 0.3) is 0 Å². The maximum absolute atomic E-state index is 5.74. The fourth-order valence-electron chi connectivity index (χ4n) is 1.91. The van der Waals surface area contributed by atoms with Crippen LogP contribution in [0.3, 0.4) is 0 Å². The molecule has 1 aromatic carbocycles. The molecule has 0 spiro atoms. The molecule has 0 saturated carbocycles. The van der Waals surface area contributed by atoms with Crippen molar-refractivity contribution in [2.45, 2.75) is 13.0 Å². The van der Waals surface area contributed by atoms with Crippen molar-refractivity contribution < 1.29 is 9.47 Å². The van der Waals surface area contributed by atoms with Gasteiger partial charge in [-0.3, -0.25) is 4.90 Å². The summed E-state index contributed by atoms with van der Waals surface area (Å²) in [6, 6.07) is 7.90. The van der Waals surface area contributed by atoms with Crippen molar-refractivity contribution in [1.82, 2.24) is 4.90 Å². The molecule has 3 nitrogen and oxygen atoms in total. The largest absolute Gasteiger partial charge is 0.491 e. The van der Waals surface area contributed by atoms with E-state index >= 15 is 0 Å². The van der Waals surface area contributed by atoms with Gasteiger partial charge in [0, 0.05) is 17.6 Å². The van der Waals surface area contributed by atoms with Crippen LogP contribution in [0.1, 0.15) is 6.92 Å². The van der Waals surface area contributed by atoms with Crippen LogP contribution < -0.4 is 4.74 Å². The van der Waals surface area contributed by atoms with Crippen LogP contribution in [0, 0.1) is 0 Å². The van der Waals surface area contributed by atoms with E-state index < -0.39 is 0 Å². The highest BCUT2D eigenvalue weighted by molar-refractivity contribution is 9.10. The van der Waals surface area contributed by atoms with Crippen molar-refractivity contribution in [3.05, 3.63) is 28.7 Å². The summed E-state index contributed by atoms with van der Waals surface area (Å²) in [6.45, 7) is 6.68. The Morgan fingerprint density at radius 2 is 2.41 bits per heavy atom. The number of hydrogen-bond acceptors (Lipinski definition) is 3. The van der Waals surface area contributed by atoms with E-state index in [9.17, 15) is 0 Å². The van der Waals surface area contributed by atoms with Gasteiger partial charge in [-0.2, -0.15) is 0 Å². The molecule has 2 rings (SSSR count). The molecule has 1 aliphatic heterocycles. The van der Waals surface area contributed by atoms with E-state index in [-0.39, 0.29) is 6.10 Å². The molecular weight excluding hydrogens is 282 g/mol. The molecule has 0 bridgehead atoms.